The lowest BCUT2D eigenvalue weighted by molar-refractivity contribution is 0.176. The average molecular weight is 381 g/mol. The lowest BCUT2D eigenvalue weighted by Crippen LogP contribution is -2.48. The van der Waals surface area contributed by atoms with Crippen LogP contribution in [-0.4, -0.2) is 76.1 Å². The number of benzene rings is 1. The quantitative estimate of drug-likeness (QED) is 0.773. The van der Waals surface area contributed by atoms with Gasteiger partial charge in [-0.05, 0) is 32.7 Å². The largest absolute Gasteiger partial charge is 0.496 e. The van der Waals surface area contributed by atoms with Crippen molar-refractivity contribution in [3.8, 4) is 5.75 Å². The van der Waals surface area contributed by atoms with E-state index in [-0.39, 0.29) is 23.6 Å². The van der Waals surface area contributed by atoms with Crippen molar-refractivity contribution >= 4 is 21.9 Å². The SMILES string of the molecule is COc1ccccc1/C=C/NC(=O)N(CCN(C)C)C1CCS(=O)(=O)C1. The van der Waals surface area contributed by atoms with Crippen LogP contribution in [0.4, 0.5) is 4.79 Å². The van der Waals surface area contributed by atoms with E-state index < -0.39 is 9.84 Å². The van der Waals surface area contributed by atoms with Gasteiger partial charge in [0.2, 0.25) is 0 Å². The van der Waals surface area contributed by atoms with Crippen molar-refractivity contribution in [2.45, 2.75) is 12.5 Å². The van der Waals surface area contributed by atoms with Crippen LogP contribution in [0.1, 0.15) is 12.0 Å². The van der Waals surface area contributed by atoms with Gasteiger partial charge in [0.15, 0.2) is 9.84 Å². The summed E-state index contributed by atoms with van der Waals surface area (Å²) in [5.74, 6) is 0.884. The van der Waals surface area contributed by atoms with Crippen molar-refractivity contribution in [2.75, 3.05) is 45.8 Å². The van der Waals surface area contributed by atoms with Gasteiger partial charge in [-0.15, -0.1) is 0 Å². The Morgan fingerprint density at radius 3 is 2.65 bits per heavy atom. The minimum absolute atomic E-state index is 0.0318. The Labute approximate surface area is 155 Å². The van der Waals surface area contributed by atoms with Gasteiger partial charge in [0.1, 0.15) is 5.75 Å². The van der Waals surface area contributed by atoms with Crippen LogP contribution in [0, 0.1) is 0 Å². The Morgan fingerprint density at radius 2 is 2.04 bits per heavy atom. The lowest BCUT2D eigenvalue weighted by atomic mass is 10.2. The maximum atomic E-state index is 12.6. The normalized spacial score (nSPS) is 19.0. The average Bonchev–Trinajstić information content (AvgIpc) is 2.95. The summed E-state index contributed by atoms with van der Waals surface area (Å²) >= 11 is 0. The van der Waals surface area contributed by atoms with Gasteiger partial charge in [0.05, 0.1) is 18.6 Å². The van der Waals surface area contributed by atoms with Crippen LogP contribution in [-0.2, 0) is 9.84 Å². The maximum absolute atomic E-state index is 12.6. The van der Waals surface area contributed by atoms with Crippen molar-refractivity contribution in [1.29, 1.82) is 0 Å². The number of hydrogen-bond donors (Lipinski definition) is 1. The van der Waals surface area contributed by atoms with Crippen molar-refractivity contribution in [3.63, 3.8) is 0 Å². The molecule has 1 saturated heterocycles. The highest BCUT2D eigenvalue weighted by Gasteiger charge is 2.34. The number of nitrogens with one attached hydrogen (secondary N) is 1. The van der Waals surface area contributed by atoms with Crippen molar-refractivity contribution in [1.82, 2.24) is 15.1 Å². The highest BCUT2D eigenvalue weighted by Crippen LogP contribution is 2.19. The number of likely N-dealkylation sites (N-methyl/N-ethyl adjacent to an activating group) is 1. The second-order valence-corrected chi connectivity index (χ2v) is 8.81. The Hall–Kier alpha value is -2.06. The smallest absolute Gasteiger partial charge is 0.321 e. The Balaban J connectivity index is 2.04. The summed E-state index contributed by atoms with van der Waals surface area (Å²) in [6.07, 6.45) is 3.80. The second-order valence-electron chi connectivity index (χ2n) is 6.58. The summed E-state index contributed by atoms with van der Waals surface area (Å²) in [6, 6.07) is 6.91. The molecule has 1 aliphatic heterocycles. The fraction of sp³-hybridized carbons (Fsp3) is 0.500. The Bertz CT molecular complexity index is 747. The summed E-state index contributed by atoms with van der Waals surface area (Å²) in [5, 5.41) is 2.75. The number of nitrogens with zero attached hydrogens (tertiary/aromatic N) is 2. The van der Waals surface area contributed by atoms with Gasteiger partial charge in [-0.3, -0.25) is 0 Å². The highest BCUT2D eigenvalue weighted by atomic mass is 32.2. The summed E-state index contributed by atoms with van der Waals surface area (Å²) in [6.45, 7) is 1.14. The number of hydrogen-bond acceptors (Lipinski definition) is 5. The molecule has 0 radical (unpaired) electrons. The zero-order valence-corrected chi connectivity index (χ0v) is 16.3. The van der Waals surface area contributed by atoms with E-state index in [1.807, 2.05) is 43.3 Å². The monoisotopic (exact) mass is 381 g/mol. The molecule has 1 aromatic rings. The molecular formula is C18H27N3O4S. The van der Waals surface area contributed by atoms with Gasteiger partial charge in [-0.25, -0.2) is 13.2 Å². The summed E-state index contributed by atoms with van der Waals surface area (Å²) < 4.78 is 28.8. The van der Waals surface area contributed by atoms with Crippen LogP contribution in [0.15, 0.2) is 30.5 Å². The molecule has 7 nitrogen and oxygen atoms in total. The molecule has 0 aromatic heterocycles. The first-order chi connectivity index (χ1) is 12.3. The van der Waals surface area contributed by atoms with Crippen LogP contribution < -0.4 is 10.1 Å². The third-order valence-electron chi connectivity index (χ3n) is 4.31. The van der Waals surface area contributed by atoms with Crippen LogP contribution in [0.2, 0.25) is 0 Å². The first-order valence-corrected chi connectivity index (χ1v) is 10.4. The molecule has 144 valence electrons. The molecular weight excluding hydrogens is 354 g/mol. The van der Waals surface area contributed by atoms with Crippen molar-refractivity contribution in [3.05, 3.63) is 36.0 Å². The summed E-state index contributed by atoms with van der Waals surface area (Å²) in [4.78, 5) is 16.2. The molecule has 0 spiro atoms. The molecule has 2 rings (SSSR count). The fourth-order valence-corrected chi connectivity index (χ4v) is 4.60. The first-order valence-electron chi connectivity index (χ1n) is 8.54. The lowest BCUT2D eigenvalue weighted by Gasteiger charge is -2.29. The van der Waals surface area contributed by atoms with Gasteiger partial charge >= 0.3 is 6.03 Å². The number of methoxy groups -OCH3 is 1. The maximum Gasteiger partial charge on any atom is 0.321 e. The van der Waals surface area contributed by atoms with Gasteiger partial charge in [-0.2, -0.15) is 0 Å². The van der Waals surface area contributed by atoms with E-state index >= 15 is 0 Å². The zero-order valence-electron chi connectivity index (χ0n) is 15.5. The third kappa shape index (κ3) is 5.74. The van der Waals surface area contributed by atoms with Crippen molar-refractivity contribution < 1.29 is 17.9 Å². The molecule has 1 heterocycles. The standard InChI is InChI=1S/C18H27N3O4S/c1-20(2)11-12-21(16-9-13-26(23,24)14-16)18(22)19-10-8-15-6-4-5-7-17(15)25-3/h4-8,10,16H,9,11-14H2,1-3H3,(H,19,22)/b10-8+. The number of carbonyl (C=O) groups excluding carboxylic acids is 1. The predicted octanol–water partition coefficient (Wildman–Crippen LogP) is 1.43. The van der Waals surface area contributed by atoms with Crippen LogP contribution in [0.3, 0.4) is 0 Å². The van der Waals surface area contributed by atoms with Gasteiger partial charge in [0, 0.05) is 30.9 Å². The molecule has 26 heavy (non-hydrogen) atoms. The molecule has 0 saturated carbocycles. The molecule has 1 aromatic carbocycles. The molecule has 1 unspecified atom stereocenters. The number of carbonyl (C=O) groups is 1. The van der Waals surface area contributed by atoms with Gasteiger partial charge < -0.3 is 19.9 Å². The molecule has 0 aliphatic carbocycles. The molecule has 2 amide bonds. The van der Waals surface area contributed by atoms with E-state index in [0.29, 0.717) is 25.3 Å². The molecule has 1 fully saturated rings. The van der Waals surface area contributed by atoms with Crippen molar-refractivity contribution in [2.24, 2.45) is 0 Å². The summed E-state index contributed by atoms with van der Waals surface area (Å²) in [7, 11) is 2.38. The number of urea groups is 1. The molecule has 1 aliphatic rings. The van der Waals surface area contributed by atoms with E-state index in [9.17, 15) is 13.2 Å². The van der Waals surface area contributed by atoms with Crippen LogP contribution in [0.5, 0.6) is 5.75 Å². The molecule has 8 heteroatoms. The van der Waals surface area contributed by atoms with E-state index in [4.69, 9.17) is 4.74 Å². The predicted molar refractivity (Wildman–Crippen MR) is 103 cm³/mol. The number of ether oxygens (including phenoxy) is 1. The number of amides is 2. The minimum Gasteiger partial charge on any atom is -0.496 e. The molecule has 1 atom stereocenters. The van der Waals surface area contributed by atoms with Gasteiger partial charge in [0.25, 0.3) is 0 Å². The van der Waals surface area contributed by atoms with E-state index in [0.717, 1.165) is 5.56 Å². The van der Waals surface area contributed by atoms with Gasteiger partial charge in [-0.1, -0.05) is 18.2 Å². The topological polar surface area (TPSA) is 79.0 Å². The Morgan fingerprint density at radius 1 is 1.31 bits per heavy atom. The number of para-hydroxylation sites is 1. The third-order valence-corrected chi connectivity index (χ3v) is 6.06. The van der Waals surface area contributed by atoms with Crippen LogP contribution in [0.25, 0.3) is 6.08 Å². The fourth-order valence-electron chi connectivity index (χ4n) is 2.87. The Kier molecular flexibility index (Phi) is 7.05. The van der Waals surface area contributed by atoms with E-state index in [1.165, 1.54) is 0 Å². The zero-order chi connectivity index (χ0) is 19.2. The molecule has 1 N–H and O–H groups in total. The number of sulfone groups is 1. The van der Waals surface area contributed by atoms with Crippen LogP contribution >= 0.6 is 0 Å². The van der Waals surface area contributed by atoms with E-state index in [2.05, 4.69) is 5.32 Å². The first kappa shape index (κ1) is 20.3. The minimum atomic E-state index is -3.05. The number of rotatable bonds is 7. The van der Waals surface area contributed by atoms with E-state index in [1.54, 1.807) is 24.3 Å². The summed E-state index contributed by atoms with van der Waals surface area (Å²) in [5.41, 5.74) is 0.846. The second kappa shape index (κ2) is 9.05. The highest BCUT2D eigenvalue weighted by molar-refractivity contribution is 7.91. The molecule has 0 bridgehead atoms.